The van der Waals surface area contributed by atoms with Crippen molar-refractivity contribution in [3.63, 3.8) is 0 Å². The summed E-state index contributed by atoms with van der Waals surface area (Å²) in [7, 11) is 0. The number of imide groups is 1. The second-order valence-electron chi connectivity index (χ2n) is 5.04. The smallest absolute Gasteiger partial charge is 0.319 e. The SMILES string of the molecule is C=CCOc1c(CCC)cc(C(=O)NC(N)=O)cc1CCC. The lowest BCUT2D eigenvalue weighted by Crippen LogP contribution is -2.35. The van der Waals surface area contributed by atoms with Crippen LogP contribution in [0.25, 0.3) is 0 Å². The highest BCUT2D eigenvalue weighted by atomic mass is 16.5. The van der Waals surface area contributed by atoms with Crippen molar-refractivity contribution in [1.29, 1.82) is 0 Å². The molecule has 0 aliphatic carbocycles. The number of primary amides is 1. The maximum atomic E-state index is 12.0. The van der Waals surface area contributed by atoms with Crippen molar-refractivity contribution in [3.8, 4) is 5.75 Å². The fourth-order valence-corrected chi connectivity index (χ4v) is 2.31. The van der Waals surface area contributed by atoms with Gasteiger partial charge in [-0.2, -0.15) is 0 Å². The van der Waals surface area contributed by atoms with Crippen LogP contribution in [-0.2, 0) is 12.8 Å². The summed E-state index contributed by atoms with van der Waals surface area (Å²) < 4.78 is 5.80. The predicted octanol–water partition coefficient (Wildman–Crippen LogP) is 2.96. The monoisotopic (exact) mass is 304 g/mol. The van der Waals surface area contributed by atoms with E-state index in [9.17, 15) is 9.59 Å². The van der Waals surface area contributed by atoms with Crippen molar-refractivity contribution in [1.82, 2.24) is 5.32 Å². The zero-order valence-corrected chi connectivity index (χ0v) is 13.3. The van der Waals surface area contributed by atoms with Crippen LogP contribution in [-0.4, -0.2) is 18.5 Å². The van der Waals surface area contributed by atoms with Crippen molar-refractivity contribution in [3.05, 3.63) is 41.5 Å². The van der Waals surface area contributed by atoms with Crippen LogP contribution in [0.4, 0.5) is 4.79 Å². The van der Waals surface area contributed by atoms with Gasteiger partial charge in [0, 0.05) is 5.56 Å². The predicted molar refractivity (Wildman–Crippen MR) is 87.2 cm³/mol. The molecular formula is C17H24N2O3. The molecule has 0 unspecified atom stereocenters. The first kappa shape index (κ1) is 17.8. The number of aryl methyl sites for hydroxylation is 2. The number of nitrogens with two attached hydrogens (primary N) is 1. The van der Waals surface area contributed by atoms with E-state index < -0.39 is 11.9 Å². The van der Waals surface area contributed by atoms with Gasteiger partial charge in [0.15, 0.2) is 0 Å². The third-order valence-electron chi connectivity index (χ3n) is 3.13. The van der Waals surface area contributed by atoms with Crippen molar-refractivity contribution in [2.45, 2.75) is 39.5 Å². The molecule has 3 N–H and O–H groups in total. The van der Waals surface area contributed by atoms with Gasteiger partial charge in [-0.15, -0.1) is 0 Å². The Morgan fingerprint density at radius 3 is 2.18 bits per heavy atom. The van der Waals surface area contributed by atoms with Crippen molar-refractivity contribution in [2.75, 3.05) is 6.61 Å². The number of hydrogen-bond donors (Lipinski definition) is 2. The van der Waals surface area contributed by atoms with Gasteiger partial charge in [0.2, 0.25) is 0 Å². The van der Waals surface area contributed by atoms with Gasteiger partial charge >= 0.3 is 6.03 Å². The maximum Gasteiger partial charge on any atom is 0.319 e. The molecule has 0 aromatic heterocycles. The van der Waals surface area contributed by atoms with Crippen LogP contribution in [0.3, 0.4) is 0 Å². The lowest BCUT2D eigenvalue weighted by atomic mass is 9.97. The number of amides is 3. The third kappa shape index (κ3) is 4.91. The molecule has 0 radical (unpaired) electrons. The van der Waals surface area contributed by atoms with E-state index in [0.29, 0.717) is 12.2 Å². The number of hydrogen-bond acceptors (Lipinski definition) is 3. The number of ether oxygens (including phenoxy) is 1. The molecular weight excluding hydrogens is 280 g/mol. The summed E-state index contributed by atoms with van der Waals surface area (Å²) in [5.41, 5.74) is 7.37. The van der Waals surface area contributed by atoms with E-state index >= 15 is 0 Å². The van der Waals surface area contributed by atoms with Crippen molar-refractivity contribution >= 4 is 11.9 Å². The average molecular weight is 304 g/mol. The Bertz CT molecular complexity index is 526. The number of carbonyl (C=O) groups is 2. The highest BCUT2D eigenvalue weighted by Crippen LogP contribution is 2.29. The minimum atomic E-state index is -0.855. The Kier molecular flexibility index (Phi) is 7.16. The Labute approximate surface area is 131 Å². The van der Waals surface area contributed by atoms with Crippen molar-refractivity contribution < 1.29 is 14.3 Å². The van der Waals surface area contributed by atoms with Crippen LogP contribution < -0.4 is 15.8 Å². The summed E-state index contributed by atoms with van der Waals surface area (Å²) >= 11 is 0. The summed E-state index contributed by atoms with van der Waals surface area (Å²) in [4.78, 5) is 22.9. The fourth-order valence-electron chi connectivity index (χ4n) is 2.31. The number of carbonyl (C=O) groups excluding carboxylic acids is 2. The average Bonchev–Trinajstić information content (AvgIpc) is 2.46. The van der Waals surface area contributed by atoms with Crippen LogP contribution >= 0.6 is 0 Å². The molecule has 0 saturated heterocycles. The third-order valence-corrected chi connectivity index (χ3v) is 3.13. The van der Waals surface area contributed by atoms with E-state index in [1.165, 1.54) is 0 Å². The first-order valence-electron chi connectivity index (χ1n) is 7.53. The van der Waals surface area contributed by atoms with Gasteiger partial charge in [0.1, 0.15) is 12.4 Å². The lowest BCUT2D eigenvalue weighted by molar-refractivity contribution is 0.0966. The molecule has 0 atom stereocenters. The summed E-state index contributed by atoms with van der Waals surface area (Å²) in [5.74, 6) is 0.330. The summed E-state index contributed by atoms with van der Waals surface area (Å²) in [6, 6.07) is 2.67. The van der Waals surface area contributed by atoms with Crippen LogP contribution in [0.15, 0.2) is 24.8 Å². The quantitative estimate of drug-likeness (QED) is 0.724. The van der Waals surface area contributed by atoms with Crippen molar-refractivity contribution in [2.24, 2.45) is 5.73 Å². The Morgan fingerprint density at radius 2 is 1.77 bits per heavy atom. The molecule has 1 aromatic carbocycles. The Hall–Kier alpha value is -2.30. The standard InChI is InChI=1S/C17H24N2O3/c1-4-7-12-10-14(16(20)19-17(18)21)11-13(8-5-2)15(12)22-9-6-3/h6,10-11H,3-5,7-9H2,1-2H3,(H3,18,19,20,21). The summed E-state index contributed by atoms with van der Waals surface area (Å²) in [6.07, 6.45) is 5.13. The zero-order valence-electron chi connectivity index (χ0n) is 13.3. The van der Waals surface area contributed by atoms with Gasteiger partial charge in [-0.05, 0) is 36.1 Å². The van der Waals surface area contributed by atoms with Gasteiger partial charge in [-0.1, -0.05) is 39.3 Å². The largest absolute Gasteiger partial charge is 0.489 e. The molecule has 0 aliphatic heterocycles. The van der Waals surface area contributed by atoms with Gasteiger partial charge in [-0.3, -0.25) is 10.1 Å². The number of urea groups is 1. The maximum absolute atomic E-state index is 12.0. The molecule has 0 bridgehead atoms. The van der Waals surface area contributed by atoms with Gasteiger partial charge in [-0.25, -0.2) is 4.79 Å². The Balaban J connectivity index is 3.28. The molecule has 5 nitrogen and oxygen atoms in total. The number of rotatable bonds is 8. The fraction of sp³-hybridized carbons (Fsp3) is 0.412. The van der Waals surface area contributed by atoms with Gasteiger partial charge < -0.3 is 10.5 Å². The van der Waals surface area contributed by atoms with Crippen LogP contribution in [0.5, 0.6) is 5.75 Å². The van der Waals surface area contributed by atoms with Gasteiger partial charge in [0.05, 0.1) is 0 Å². The van der Waals surface area contributed by atoms with E-state index in [4.69, 9.17) is 10.5 Å². The molecule has 5 heteroatoms. The first-order valence-corrected chi connectivity index (χ1v) is 7.53. The van der Waals surface area contributed by atoms with E-state index in [-0.39, 0.29) is 0 Å². The summed E-state index contributed by atoms with van der Waals surface area (Å²) in [5, 5.41) is 2.10. The Morgan fingerprint density at radius 1 is 1.23 bits per heavy atom. The lowest BCUT2D eigenvalue weighted by Gasteiger charge is -2.16. The topological polar surface area (TPSA) is 81.4 Å². The second kappa shape index (κ2) is 8.87. The molecule has 3 amide bonds. The zero-order chi connectivity index (χ0) is 16.5. The molecule has 22 heavy (non-hydrogen) atoms. The molecule has 0 saturated carbocycles. The molecule has 120 valence electrons. The van der Waals surface area contributed by atoms with E-state index in [0.717, 1.165) is 42.6 Å². The normalized spacial score (nSPS) is 10.1. The second-order valence-corrected chi connectivity index (χ2v) is 5.04. The van der Waals surface area contributed by atoms with E-state index in [1.807, 2.05) is 0 Å². The van der Waals surface area contributed by atoms with Crippen LogP contribution in [0.1, 0.15) is 48.2 Å². The minimum Gasteiger partial charge on any atom is -0.489 e. The van der Waals surface area contributed by atoms with E-state index in [1.54, 1.807) is 18.2 Å². The highest BCUT2D eigenvalue weighted by molar-refractivity contribution is 6.04. The summed E-state index contributed by atoms with van der Waals surface area (Å²) in [6.45, 7) is 8.21. The number of benzene rings is 1. The first-order chi connectivity index (χ1) is 10.5. The minimum absolute atomic E-state index is 0.417. The van der Waals surface area contributed by atoms with Crippen LogP contribution in [0, 0.1) is 0 Å². The molecule has 0 spiro atoms. The molecule has 1 rings (SSSR count). The molecule has 0 aliphatic rings. The highest BCUT2D eigenvalue weighted by Gasteiger charge is 2.16. The molecule has 1 aromatic rings. The number of nitrogens with one attached hydrogen (secondary N) is 1. The van der Waals surface area contributed by atoms with E-state index in [2.05, 4.69) is 25.7 Å². The van der Waals surface area contributed by atoms with Crippen LogP contribution in [0.2, 0.25) is 0 Å². The molecule has 0 heterocycles. The molecule has 0 fully saturated rings. The van der Waals surface area contributed by atoms with Gasteiger partial charge in [0.25, 0.3) is 5.91 Å².